The average Bonchev–Trinajstić information content (AvgIpc) is 2.64. The molecule has 78 valence electrons. The zero-order valence-corrected chi connectivity index (χ0v) is 10.1. The van der Waals surface area contributed by atoms with Crippen LogP contribution in [0.4, 0.5) is 10.1 Å². The normalized spacial score (nSPS) is 10.3. The number of hydrogen-bond acceptors (Lipinski definition) is 3. The highest BCUT2D eigenvalue weighted by atomic mass is 79.9. The number of anilines is 1. The number of thiophene rings is 1. The van der Waals surface area contributed by atoms with E-state index in [1.54, 1.807) is 17.4 Å². The largest absolute Gasteiger partial charge is 0.379 e. The van der Waals surface area contributed by atoms with Crippen LogP contribution in [-0.4, -0.2) is 4.98 Å². The van der Waals surface area contributed by atoms with Gasteiger partial charge >= 0.3 is 0 Å². The Hall–Kier alpha value is -0.940. The Morgan fingerprint density at radius 1 is 1.33 bits per heavy atom. The predicted molar refractivity (Wildman–Crippen MR) is 63.5 cm³/mol. The summed E-state index contributed by atoms with van der Waals surface area (Å²) in [4.78, 5) is 4.78. The molecule has 2 nitrogen and oxygen atoms in total. The fraction of sp³-hybridized carbons (Fsp3) is 0.100. The summed E-state index contributed by atoms with van der Waals surface area (Å²) in [5, 5.41) is 3.16. The van der Waals surface area contributed by atoms with Crippen LogP contribution in [0.3, 0.4) is 0 Å². The van der Waals surface area contributed by atoms with Crippen LogP contribution in [0.25, 0.3) is 0 Å². The van der Waals surface area contributed by atoms with Crippen molar-refractivity contribution in [3.05, 3.63) is 45.1 Å². The fourth-order valence-corrected chi connectivity index (χ4v) is 2.54. The van der Waals surface area contributed by atoms with Crippen molar-refractivity contribution < 1.29 is 4.39 Å². The molecule has 0 amide bonds. The number of nitrogens with one attached hydrogen (secondary N) is 1. The minimum absolute atomic E-state index is 0.459. The molecule has 0 aliphatic carbocycles. The molecule has 0 aliphatic heterocycles. The highest BCUT2D eigenvalue weighted by molar-refractivity contribution is 9.11. The Balaban J connectivity index is 1.96. The lowest BCUT2D eigenvalue weighted by Gasteiger charge is -2.03. The second-order valence-corrected chi connectivity index (χ2v) is 5.48. The van der Waals surface area contributed by atoms with Crippen molar-refractivity contribution in [3.63, 3.8) is 0 Å². The molecule has 15 heavy (non-hydrogen) atoms. The van der Waals surface area contributed by atoms with E-state index in [0.29, 0.717) is 0 Å². The molecule has 0 unspecified atom stereocenters. The van der Waals surface area contributed by atoms with Crippen LogP contribution >= 0.6 is 27.3 Å². The monoisotopic (exact) mass is 286 g/mol. The minimum Gasteiger partial charge on any atom is -0.379 e. The first kappa shape index (κ1) is 10.6. The molecule has 0 saturated heterocycles. The number of hydrogen-bond donors (Lipinski definition) is 1. The average molecular weight is 287 g/mol. The third-order valence-corrected chi connectivity index (χ3v) is 3.45. The molecule has 5 heteroatoms. The SMILES string of the molecule is Fc1ccc(NCc2ccc(Br)s2)cn1. The third-order valence-electron chi connectivity index (χ3n) is 1.82. The number of aromatic nitrogens is 1. The van der Waals surface area contributed by atoms with Crippen LogP contribution in [0.5, 0.6) is 0 Å². The maximum Gasteiger partial charge on any atom is 0.212 e. The standard InChI is InChI=1S/C10H8BrFN2S/c11-9-3-2-8(15-9)6-13-7-1-4-10(12)14-5-7/h1-5,13H,6H2. The van der Waals surface area contributed by atoms with E-state index in [1.165, 1.54) is 17.1 Å². The lowest BCUT2D eigenvalue weighted by atomic mass is 10.4. The Morgan fingerprint density at radius 3 is 2.80 bits per heavy atom. The molecular weight excluding hydrogens is 279 g/mol. The molecule has 0 aliphatic rings. The van der Waals surface area contributed by atoms with E-state index in [-0.39, 0.29) is 0 Å². The molecule has 0 aromatic carbocycles. The smallest absolute Gasteiger partial charge is 0.212 e. The lowest BCUT2D eigenvalue weighted by Crippen LogP contribution is -1.97. The Kier molecular flexibility index (Phi) is 3.33. The fourth-order valence-electron chi connectivity index (χ4n) is 1.12. The van der Waals surface area contributed by atoms with Crippen molar-refractivity contribution in [2.24, 2.45) is 0 Å². The molecule has 0 spiro atoms. The van der Waals surface area contributed by atoms with Crippen LogP contribution in [-0.2, 0) is 6.54 Å². The van der Waals surface area contributed by atoms with Gasteiger partial charge in [-0.3, -0.25) is 0 Å². The maximum absolute atomic E-state index is 12.5. The summed E-state index contributed by atoms with van der Waals surface area (Å²) in [6.45, 7) is 0.726. The number of halogens is 2. The van der Waals surface area contributed by atoms with Crippen molar-refractivity contribution in [3.8, 4) is 0 Å². The zero-order valence-electron chi connectivity index (χ0n) is 7.71. The van der Waals surface area contributed by atoms with E-state index < -0.39 is 5.95 Å². The quantitative estimate of drug-likeness (QED) is 0.871. The van der Waals surface area contributed by atoms with E-state index in [0.717, 1.165) is 16.0 Å². The Labute approximate surface area is 99.3 Å². The van der Waals surface area contributed by atoms with Gasteiger partial charge in [0.15, 0.2) is 0 Å². The van der Waals surface area contributed by atoms with Gasteiger partial charge in [-0.25, -0.2) is 4.98 Å². The lowest BCUT2D eigenvalue weighted by molar-refractivity contribution is 0.584. The van der Waals surface area contributed by atoms with Gasteiger partial charge in [-0.05, 0) is 40.2 Å². The molecule has 0 saturated carbocycles. The van der Waals surface area contributed by atoms with Gasteiger partial charge < -0.3 is 5.32 Å². The van der Waals surface area contributed by atoms with Gasteiger partial charge in [0, 0.05) is 11.4 Å². The van der Waals surface area contributed by atoms with Crippen molar-refractivity contribution >= 4 is 33.0 Å². The molecule has 0 bridgehead atoms. The summed E-state index contributed by atoms with van der Waals surface area (Å²) in [6.07, 6.45) is 1.48. The minimum atomic E-state index is -0.459. The summed E-state index contributed by atoms with van der Waals surface area (Å²) < 4.78 is 13.6. The molecule has 2 rings (SSSR count). The second-order valence-electron chi connectivity index (χ2n) is 2.93. The van der Waals surface area contributed by atoms with Gasteiger partial charge in [0.25, 0.3) is 0 Å². The van der Waals surface area contributed by atoms with Crippen molar-refractivity contribution in [1.29, 1.82) is 0 Å². The van der Waals surface area contributed by atoms with Gasteiger partial charge in [0.05, 0.1) is 15.7 Å². The van der Waals surface area contributed by atoms with E-state index in [4.69, 9.17) is 0 Å². The summed E-state index contributed by atoms with van der Waals surface area (Å²) in [6, 6.07) is 7.06. The molecule has 2 heterocycles. The van der Waals surface area contributed by atoms with E-state index >= 15 is 0 Å². The van der Waals surface area contributed by atoms with Crippen LogP contribution in [0.15, 0.2) is 34.2 Å². The van der Waals surface area contributed by atoms with Crippen LogP contribution < -0.4 is 5.32 Å². The van der Waals surface area contributed by atoms with Crippen LogP contribution in [0.2, 0.25) is 0 Å². The first-order chi connectivity index (χ1) is 7.24. The van der Waals surface area contributed by atoms with Crippen molar-refractivity contribution in [1.82, 2.24) is 4.98 Å². The summed E-state index contributed by atoms with van der Waals surface area (Å²) in [7, 11) is 0. The highest BCUT2D eigenvalue weighted by Gasteiger charge is 1.98. The summed E-state index contributed by atoms with van der Waals surface area (Å²) in [5.41, 5.74) is 0.820. The van der Waals surface area contributed by atoms with Crippen molar-refractivity contribution in [2.75, 3.05) is 5.32 Å². The molecule has 0 radical (unpaired) electrons. The van der Waals surface area contributed by atoms with Gasteiger partial charge in [-0.15, -0.1) is 11.3 Å². The van der Waals surface area contributed by atoms with Gasteiger partial charge in [-0.1, -0.05) is 0 Å². The van der Waals surface area contributed by atoms with Gasteiger partial charge in [0.1, 0.15) is 0 Å². The molecule has 1 N–H and O–H groups in total. The molecule has 0 fully saturated rings. The Morgan fingerprint density at radius 2 is 2.20 bits per heavy atom. The topological polar surface area (TPSA) is 24.9 Å². The first-order valence-corrected chi connectivity index (χ1v) is 5.94. The molecular formula is C10H8BrFN2S. The van der Waals surface area contributed by atoms with Gasteiger partial charge in [-0.2, -0.15) is 4.39 Å². The second kappa shape index (κ2) is 4.72. The summed E-state index contributed by atoms with van der Waals surface area (Å²) in [5.74, 6) is -0.459. The number of rotatable bonds is 3. The highest BCUT2D eigenvalue weighted by Crippen LogP contribution is 2.22. The van der Waals surface area contributed by atoms with E-state index in [1.807, 2.05) is 12.1 Å². The first-order valence-electron chi connectivity index (χ1n) is 4.34. The molecule has 2 aromatic rings. The predicted octanol–water partition coefficient (Wildman–Crippen LogP) is 3.66. The van der Waals surface area contributed by atoms with Crippen LogP contribution in [0, 0.1) is 5.95 Å². The number of nitrogens with zero attached hydrogens (tertiary/aromatic N) is 1. The maximum atomic E-state index is 12.5. The molecule has 2 aromatic heterocycles. The van der Waals surface area contributed by atoms with E-state index in [9.17, 15) is 4.39 Å². The van der Waals surface area contributed by atoms with Crippen LogP contribution in [0.1, 0.15) is 4.88 Å². The third kappa shape index (κ3) is 3.00. The van der Waals surface area contributed by atoms with Crippen molar-refractivity contribution in [2.45, 2.75) is 6.54 Å². The van der Waals surface area contributed by atoms with E-state index in [2.05, 4.69) is 26.2 Å². The number of pyridine rings is 1. The van der Waals surface area contributed by atoms with Gasteiger partial charge in [0.2, 0.25) is 5.95 Å². The Bertz CT molecular complexity index is 441. The summed E-state index contributed by atoms with van der Waals surface area (Å²) >= 11 is 5.07. The zero-order chi connectivity index (χ0) is 10.7. The molecule has 0 atom stereocenters.